The van der Waals surface area contributed by atoms with Gasteiger partial charge in [0.05, 0.1) is 5.56 Å². The largest absolute Gasteiger partial charge is 0.449 e. The van der Waals surface area contributed by atoms with Crippen molar-refractivity contribution in [2.75, 3.05) is 0 Å². The molecule has 0 N–H and O–H groups in total. The summed E-state index contributed by atoms with van der Waals surface area (Å²) in [6.45, 7) is 0. The monoisotopic (exact) mass is 338 g/mol. The summed E-state index contributed by atoms with van der Waals surface area (Å²) in [6, 6.07) is 7.31. The third kappa shape index (κ3) is 3.34. The summed E-state index contributed by atoms with van der Waals surface area (Å²) >= 11 is 0. The standard InChI is InChI=1S/C17H13F3O4/c18-17(19,20)11-4-1-3-10(9-11)13-7-8-15(23-13)16(22)24-14-6-2-5-12(14)21/h1,3-4,7-9,14H,2,5-6H2/t14-/m0/s1. The summed E-state index contributed by atoms with van der Waals surface area (Å²) in [4.78, 5) is 23.5. The molecule has 2 aromatic rings. The summed E-state index contributed by atoms with van der Waals surface area (Å²) in [6.07, 6.45) is -3.70. The van der Waals surface area contributed by atoms with E-state index in [1.807, 2.05) is 0 Å². The van der Waals surface area contributed by atoms with Crippen molar-refractivity contribution in [2.45, 2.75) is 31.5 Å². The van der Waals surface area contributed by atoms with E-state index in [0.717, 1.165) is 12.1 Å². The second-order valence-corrected chi connectivity index (χ2v) is 5.49. The van der Waals surface area contributed by atoms with Gasteiger partial charge >= 0.3 is 12.1 Å². The number of alkyl halides is 3. The van der Waals surface area contributed by atoms with Gasteiger partial charge in [0.1, 0.15) is 5.76 Å². The van der Waals surface area contributed by atoms with E-state index in [2.05, 4.69) is 0 Å². The van der Waals surface area contributed by atoms with E-state index in [9.17, 15) is 22.8 Å². The Morgan fingerprint density at radius 1 is 1.21 bits per heavy atom. The van der Waals surface area contributed by atoms with E-state index in [4.69, 9.17) is 9.15 Å². The Bertz CT molecular complexity index is 776. The number of Topliss-reactive ketones (excluding diaryl/α,β-unsaturated/α-hetero) is 1. The number of hydrogen-bond acceptors (Lipinski definition) is 4. The first-order valence-corrected chi connectivity index (χ1v) is 7.36. The van der Waals surface area contributed by atoms with Crippen molar-refractivity contribution in [1.29, 1.82) is 0 Å². The Balaban J connectivity index is 1.78. The first-order valence-electron chi connectivity index (χ1n) is 7.36. The summed E-state index contributed by atoms with van der Waals surface area (Å²) < 4.78 is 48.6. The van der Waals surface area contributed by atoms with Crippen LogP contribution in [0, 0.1) is 0 Å². The Hall–Kier alpha value is -2.57. The lowest BCUT2D eigenvalue weighted by atomic mass is 10.1. The highest BCUT2D eigenvalue weighted by molar-refractivity contribution is 5.92. The van der Waals surface area contributed by atoms with Crippen LogP contribution in [0.5, 0.6) is 0 Å². The number of furan rings is 1. The molecule has 1 atom stereocenters. The first-order chi connectivity index (χ1) is 11.3. The Kier molecular flexibility index (Phi) is 4.17. The topological polar surface area (TPSA) is 56.5 Å². The predicted octanol–water partition coefficient (Wildman–Crippen LogP) is 4.24. The smallest absolute Gasteiger partial charge is 0.416 e. The number of hydrogen-bond donors (Lipinski definition) is 0. The molecule has 0 amide bonds. The van der Waals surface area contributed by atoms with Crippen molar-refractivity contribution in [1.82, 2.24) is 0 Å². The number of halogens is 3. The molecule has 1 fully saturated rings. The lowest BCUT2D eigenvalue weighted by Crippen LogP contribution is -2.21. The van der Waals surface area contributed by atoms with Crippen molar-refractivity contribution < 1.29 is 31.9 Å². The van der Waals surface area contributed by atoms with E-state index in [0.29, 0.717) is 19.3 Å². The van der Waals surface area contributed by atoms with Crippen molar-refractivity contribution in [3.63, 3.8) is 0 Å². The maximum Gasteiger partial charge on any atom is 0.416 e. The molecule has 4 nitrogen and oxygen atoms in total. The highest BCUT2D eigenvalue weighted by Gasteiger charge is 2.31. The third-order valence-corrected chi connectivity index (χ3v) is 3.78. The number of benzene rings is 1. The van der Waals surface area contributed by atoms with Gasteiger partial charge < -0.3 is 9.15 Å². The maximum absolute atomic E-state index is 12.7. The minimum absolute atomic E-state index is 0.116. The lowest BCUT2D eigenvalue weighted by molar-refractivity contribution is -0.137. The fourth-order valence-corrected chi connectivity index (χ4v) is 2.55. The Morgan fingerprint density at radius 2 is 2.00 bits per heavy atom. The average Bonchev–Trinajstić information content (AvgIpc) is 3.16. The fourth-order valence-electron chi connectivity index (χ4n) is 2.55. The zero-order chi connectivity index (χ0) is 17.3. The number of carbonyl (C=O) groups is 2. The van der Waals surface area contributed by atoms with Crippen LogP contribution in [0.2, 0.25) is 0 Å². The summed E-state index contributed by atoms with van der Waals surface area (Å²) in [5, 5.41) is 0. The number of esters is 1. The molecule has 0 spiro atoms. The molecule has 3 rings (SSSR count). The molecular formula is C17H13F3O4. The van der Waals surface area contributed by atoms with Gasteiger partial charge in [0.2, 0.25) is 5.76 Å². The van der Waals surface area contributed by atoms with Crippen LogP contribution < -0.4 is 0 Å². The number of ether oxygens (including phenoxy) is 1. The van der Waals surface area contributed by atoms with Crippen LogP contribution in [0.1, 0.15) is 35.4 Å². The van der Waals surface area contributed by atoms with Crippen molar-refractivity contribution in [3.8, 4) is 11.3 Å². The molecule has 126 valence electrons. The fraction of sp³-hybridized carbons (Fsp3) is 0.294. The summed E-state index contributed by atoms with van der Waals surface area (Å²) in [7, 11) is 0. The molecule has 0 aliphatic heterocycles. The van der Waals surface area contributed by atoms with Crippen LogP contribution in [0.3, 0.4) is 0 Å². The minimum Gasteiger partial charge on any atom is -0.449 e. The van der Waals surface area contributed by atoms with Gasteiger partial charge in [-0.2, -0.15) is 13.2 Å². The van der Waals surface area contributed by atoms with Gasteiger partial charge in [0.15, 0.2) is 11.9 Å². The highest BCUT2D eigenvalue weighted by atomic mass is 19.4. The molecule has 1 saturated carbocycles. The first kappa shape index (κ1) is 16.3. The molecule has 1 aliphatic carbocycles. The zero-order valence-electron chi connectivity index (χ0n) is 12.4. The zero-order valence-corrected chi connectivity index (χ0v) is 12.4. The maximum atomic E-state index is 12.7. The molecule has 24 heavy (non-hydrogen) atoms. The van der Waals surface area contributed by atoms with Crippen molar-refractivity contribution in [2.24, 2.45) is 0 Å². The number of carbonyl (C=O) groups excluding carboxylic acids is 2. The Morgan fingerprint density at radius 3 is 2.67 bits per heavy atom. The third-order valence-electron chi connectivity index (χ3n) is 3.78. The predicted molar refractivity (Wildman–Crippen MR) is 77.2 cm³/mol. The lowest BCUT2D eigenvalue weighted by Gasteiger charge is -2.08. The highest BCUT2D eigenvalue weighted by Crippen LogP contribution is 2.32. The SMILES string of the molecule is O=C(O[C@H]1CCCC1=O)c1ccc(-c2cccc(C(F)(F)F)c2)o1. The average molecular weight is 338 g/mol. The Labute approximate surface area is 135 Å². The molecule has 1 heterocycles. The summed E-state index contributed by atoms with van der Waals surface area (Å²) in [5.41, 5.74) is -0.613. The molecule has 1 aliphatic rings. The van der Waals surface area contributed by atoms with Crippen LogP contribution in [-0.4, -0.2) is 17.9 Å². The second kappa shape index (κ2) is 6.14. The molecule has 0 saturated heterocycles. The van der Waals surface area contributed by atoms with E-state index < -0.39 is 23.8 Å². The second-order valence-electron chi connectivity index (χ2n) is 5.49. The molecule has 1 aromatic heterocycles. The van der Waals surface area contributed by atoms with Gasteiger partial charge in [-0.15, -0.1) is 0 Å². The van der Waals surface area contributed by atoms with Crippen LogP contribution in [-0.2, 0) is 15.7 Å². The quantitative estimate of drug-likeness (QED) is 0.785. The van der Waals surface area contributed by atoms with E-state index >= 15 is 0 Å². The van der Waals surface area contributed by atoms with Gasteiger partial charge in [-0.1, -0.05) is 12.1 Å². The van der Waals surface area contributed by atoms with Gasteiger partial charge in [-0.3, -0.25) is 4.79 Å². The van der Waals surface area contributed by atoms with E-state index in [1.165, 1.54) is 24.3 Å². The van der Waals surface area contributed by atoms with Gasteiger partial charge in [-0.05, 0) is 37.1 Å². The van der Waals surface area contributed by atoms with Gasteiger partial charge in [0.25, 0.3) is 0 Å². The van der Waals surface area contributed by atoms with Crippen molar-refractivity contribution in [3.05, 3.63) is 47.7 Å². The van der Waals surface area contributed by atoms with Gasteiger partial charge in [0, 0.05) is 12.0 Å². The molecular weight excluding hydrogens is 325 g/mol. The summed E-state index contributed by atoms with van der Waals surface area (Å²) in [5.74, 6) is -0.964. The molecule has 7 heteroatoms. The van der Waals surface area contributed by atoms with Crippen LogP contribution in [0.4, 0.5) is 13.2 Å². The molecule has 0 radical (unpaired) electrons. The number of ketones is 1. The van der Waals surface area contributed by atoms with Crippen LogP contribution in [0.25, 0.3) is 11.3 Å². The molecule has 1 aromatic carbocycles. The normalized spacial score (nSPS) is 18.0. The number of rotatable bonds is 3. The molecule has 0 bridgehead atoms. The van der Waals surface area contributed by atoms with E-state index in [-0.39, 0.29) is 22.9 Å². The van der Waals surface area contributed by atoms with Crippen molar-refractivity contribution >= 4 is 11.8 Å². The minimum atomic E-state index is -4.47. The van der Waals surface area contributed by atoms with Crippen LogP contribution >= 0.6 is 0 Å². The molecule has 0 unspecified atom stereocenters. The van der Waals surface area contributed by atoms with Crippen LogP contribution in [0.15, 0.2) is 40.8 Å². The van der Waals surface area contributed by atoms with Gasteiger partial charge in [-0.25, -0.2) is 4.79 Å². The van der Waals surface area contributed by atoms with E-state index in [1.54, 1.807) is 0 Å².